The van der Waals surface area contributed by atoms with Gasteiger partial charge in [-0.05, 0) is 35.4 Å². The average molecular weight is 416 g/mol. The lowest BCUT2D eigenvalue weighted by Crippen LogP contribution is -2.70. The van der Waals surface area contributed by atoms with E-state index in [0.29, 0.717) is 5.75 Å². The maximum absolute atomic E-state index is 12.0. The van der Waals surface area contributed by atoms with Crippen molar-refractivity contribution in [2.75, 3.05) is 20.0 Å². The van der Waals surface area contributed by atoms with Crippen LogP contribution in [0.1, 0.15) is 11.1 Å². The second-order valence-electron chi connectivity index (χ2n) is 6.52. The van der Waals surface area contributed by atoms with Gasteiger partial charge in [0, 0.05) is 11.5 Å². The van der Waals surface area contributed by atoms with Crippen LogP contribution in [0.25, 0.3) is 0 Å². The van der Waals surface area contributed by atoms with E-state index in [1.54, 1.807) is 38.1 Å². The summed E-state index contributed by atoms with van der Waals surface area (Å²) in [5, 5.41) is 5.47. The van der Waals surface area contributed by atoms with Crippen molar-refractivity contribution in [3.05, 3.63) is 59.7 Å². The highest BCUT2D eigenvalue weighted by atomic mass is 32.2. The van der Waals surface area contributed by atoms with E-state index < -0.39 is 12.1 Å². The Morgan fingerprint density at radius 1 is 1.00 bits per heavy atom. The minimum absolute atomic E-state index is 0.112. The number of β-lactam (4-membered cyclic amide) rings is 1. The zero-order valence-electron chi connectivity index (χ0n) is 16.3. The quantitative estimate of drug-likeness (QED) is 0.612. The Labute approximate surface area is 174 Å². The molecule has 2 aromatic carbocycles. The fourth-order valence-electron chi connectivity index (χ4n) is 2.81. The van der Waals surface area contributed by atoms with Gasteiger partial charge >= 0.3 is 6.09 Å². The lowest BCUT2D eigenvalue weighted by atomic mass is 10.0. The first-order valence-electron chi connectivity index (χ1n) is 9.16. The number of hydrogen-bond acceptors (Lipinski definition) is 6. The minimum atomic E-state index is -0.606. The second kappa shape index (κ2) is 10.1. The molecule has 154 valence electrons. The molecule has 1 aliphatic heterocycles. The van der Waals surface area contributed by atoms with Crippen LogP contribution in [-0.2, 0) is 21.9 Å². The van der Waals surface area contributed by atoms with Crippen LogP contribution in [-0.4, -0.2) is 44.1 Å². The molecule has 2 amide bonds. The first-order valence-corrected chi connectivity index (χ1v) is 10.3. The molecule has 0 spiro atoms. The normalized spacial score (nSPS) is 17.7. The number of thioether (sulfide) groups is 1. The molecular formula is C21H24N2O5S. The fraction of sp³-hybridized carbons (Fsp3) is 0.333. The predicted molar refractivity (Wildman–Crippen MR) is 111 cm³/mol. The van der Waals surface area contributed by atoms with Gasteiger partial charge in [0.1, 0.15) is 24.1 Å². The van der Waals surface area contributed by atoms with Gasteiger partial charge in [0.15, 0.2) is 0 Å². The molecule has 1 fully saturated rings. The van der Waals surface area contributed by atoms with Crippen LogP contribution >= 0.6 is 11.8 Å². The topological polar surface area (TPSA) is 85.9 Å². The molecule has 2 aromatic rings. The maximum Gasteiger partial charge on any atom is 0.408 e. The van der Waals surface area contributed by atoms with Crippen molar-refractivity contribution in [2.24, 2.45) is 0 Å². The van der Waals surface area contributed by atoms with Gasteiger partial charge in [-0.3, -0.25) is 4.79 Å². The molecule has 8 heteroatoms. The van der Waals surface area contributed by atoms with Crippen LogP contribution in [0.3, 0.4) is 0 Å². The average Bonchev–Trinajstić information content (AvgIpc) is 2.76. The molecule has 7 nitrogen and oxygen atoms in total. The van der Waals surface area contributed by atoms with Crippen molar-refractivity contribution in [3.8, 4) is 11.5 Å². The number of carbonyl (C=O) groups is 2. The highest BCUT2D eigenvalue weighted by Gasteiger charge is 2.40. The van der Waals surface area contributed by atoms with Gasteiger partial charge in [0.05, 0.1) is 20.3 Å². The molecule has 2 N–H and O–H groups in total. The Morgan fingerprint density at radius 2 is 1.59 bits per heavy atom. The van der Waals surface area contributed by atoms with Crippen LogP contribution in [0.2, 0.25) is 0 Å². The lowest BCUT2D eigenvalue weighted by Gasteiger charge is -2.36. The number of nitrogens with one attached hydrogen (secondary N) is 2. The summed E-state index contributed by atoms with van der Waals surface area (Å²) >= 11 is 1.69. The van der Waals surface area contributed by atoms with Gasteiger partial charge < -0.3 is 24.8 Å². The number of hydrogen-bond donors (Lipinski definition) is 2. The molecule has 1 aliphatic rings. The molecular weight excluding hydrogens is 392 g/mol. The third kappa shape index (κ3) is 5.80. The number of amides is 2. The summed E-state index contributed by atoms with van der Waals surface area (Å²) < 4.78 is 15.5. The number of carbonyl (C=O) groups excluding carboxylic acids is 2. The Balaban J connectivity index is 1.39. The van der Waals surface area contributed by atoms with Gasteiger partial charge in [-0.2, -0.15) is 11.8 Å². The van der Waals surface area contributed by atoms with Crippen molar-refractivity contribution in [1.29, 1.82) is 0 Å². The standard InChI is InChI=1S/C21H24N2O5S/c1-26-16-7-3-14(4-8-16)11-28-21(25)23-19-18(22-20(19)24)13-29-12-15-5-9-17(27-2)10-6-15/h3-10,18-19H,11-13H2,1-2H3,(H,22,24)(H,23,25)/t18-,19+/m1/s1. The van der Waals surface area contributed by atoms with Gasteiger partial charge in [0.25, 0.3) is 0 Å². The summed E-state index contributed by atoms with van der Waals surface area (Å²) in [4.78, 5) is 23.8. The summed E-state index contributed by atoms with van der Waals surface area (Å²) in [5.41, 5.74) is 2.01. The largest absolute Gasteiger partial charge is 0.497 e. The molecule has 0 radical (unpaired) electrons. The third-order valence-electron chi connectivity index (χ3n) is 4.54. The molecule has 0 aliphatic carbocycles. The van der Waals surface area contributed by atoms with E-state index in [1.165, 1.54) is 5.56 Å². The molecule has 0 saturated carbocycles. The number of alkyl carbamates (subject to hydrolysis) is 1. The molecule has 0 unspecified atom stereocenters. The second-order valence-corrected chi connectivity index (χ2v) is 7.55. The predicted octanol–water partition coefficient (Wildman–Crippen LogP) is 2.73. The first kappa shape index (κ1) is 20.9. The summed E-state index contributed by atoms with van der Waals surface area (Å²) in [6, 6.07) is 14.4. The van der Waals surface area contributed by atoms with E-state index in [4.69, 9.17) is 14.2 Å². The smallest absolute Gasteiger partial charge is 0.408 e. The van der Waals surface area contributed by atoms with Crippen LogP contribution in [0.15, 0.2) is 48.5 Å². The number of methoxy groups -OCH3 is 2. The zero-order chi connectivity index (χ0) is 20.6. The SMILES string of the molecule is COc1ccc(COC(=O)N[C@@H]2C(=O)N[C@@H]2CSCc2ccc(OC)cc2)cc1. The maximum atomic E-state index is 12.0. The Bertz CT molecular complexity index is 826. The molecule has 2 atom stereocenters. The van der Waals surface area contributed by atoms with Gasteiger partial charge in [-0.1, -0.05) is 24.3 Å². The lowest BCUT2D eigenvalue weighted by molar-refractivity contribution is -0.130. The highest BCUT2D eigenvalue weighted by molar-refractivity contribution is 7.98. The van der Waals surface area contributed by atoms with E-state index in [9.17, 15) is 9.59 Å². The molecule has 3 rings (SSSR count). The monoisotopic (exact) mass is 416 g/mol. The Hall–Kier alpha value is -2.87. The van der Waals surface area contributed by atoms with Crippen molar-refractivity contribution >= 4 is 23.8 Å². The molecule has 0 bridgehead atoms. The van der Waals surface area contributed by atoms with Crippen LogP contribution in [0.5, 0.6) is 11.5 Å². The summed E-state index contributed by atoms with van der Waals surface area (Å²) in [6.07, 6.45) is -0.606. The van der Waals surface area contributed by atoms with Crippen LogP contribution < -0.4 is 20.1 Å². The van der Waals surface area contributed by atoms with E-state index in [2.05, 4.69) is 10.6 Å². The Morgan fingerprint density at radius 3 is 2.14 bits per heavy atom. The van der Waals surface area contributed by atoms with Crippen LogP contribution in [0, 0.1) is 0 Å². The molecule has 1 heterocycles. The van der Waals surface area contributed by atoms with Crippen molar-refractivity contribution in [3.63, 3.8) is 0 Å². The number of benzene rings is 2. The summed E-state index contributed by atoms with van der Waals surface area (Å²) in [5.74, 6) is 2.87. The van der Waals surface area contributed by atoms with Gasteiger partial charge in [-0.15, -0.1) is 0 Å². The van der Waals surface area contributed by atoms with Crippen LogP contribution in [0.4, 0.5) is 4.79 Å². The fourth-order valence-corrected chi connectivity index (χ4v) is 3.89. The first-order chi connectivity index (χ1) is 14.1. The van der Waals surface area contributed by atoms with E-state index in [0.717, 1.165) is 22.8 Å². The zero-order valence-corrected chi connectivity index (χ0v) is 17.2. The Kier molecular flexibility index (Phi) is 7.24. The summed E-state index contributed by atoms with van der Waals surface area (Å²) in [6.45, 7) is 0.126. The van der Waals surface area contributed by atoms with E-state index in [-0.39, 0.29) is 18.6 Å². The van der Waals surface area contributed by atoms with E-state index in [1.807, 2.05) is 36.4 Å². The minimum Gasteiger partial charge on any atom is -0.497 e. The molecule has 1 saturated heterocycles. The third-order valence-corrected chi connectivity index (χ3v) is 5.67. The van der Waals surface area contributed by atoms with Crippen molar-refractivity contribution < 1.29 is 23.8 Å². The van der Waals surface area contributed by atoms with E-state index >= 15 is 0 Å². The van der Waals surface area contributed by atoms with Crippen molar-refractivity contribution in [1.82, 2.24) is 10.6 Å². The van der Waals surface area contributed by atoms with Crippen molar-refractivity contribution in [2.45, 2.75) is 24.4 Å². The molecule has 29 heavy (non-hydrogen) atoms. The number of rotatable bonds is 9. The number of ether oxygens (including phenoxy) is 3. The highest BCUT2D eigenvalue weighted by Crippen LogP contribution is 2.20. The van der Waals surface area contributed by atoms with Gasteiger partial charge in [0.2, 0.25) is 5.91 Å². The van der Waals surface area contributed by atoms with Gasteiger partial charge in [-0.25, -0.2) is 4.79 Å². The summed E-state index contributed by atoms with van der Waals surface area (Å²) in [7, 11) is 3.23. The molecule has 0 aromatic heterocycles.